The van der Waals surface area contributed by atoms with E-state index in [1.807, 2.05) is 18.2 Å². The van der Waals surface area contributed by atoms with Crippen molar-refractivity contribution in [1.82, 2.24) is 4.90 Å². The molecule has 1 aliphatic rings. The van der Waals surface area contributed by atoms with Gasteiger partial charge in [-0.15, -0.1) is 0 Å². The zero-order chi connectivity index (χ0) is 11.7. The van der Waals surface area contributed by atoms with Gasteiger partial charge in [-0.1, -0.05) is 6.07 Å². The lowest BCUT2D eigenvalue weighted by Gasteiger charge is -2.35. The summed E-state index contributed by atoms with van der Waals surface area (Å²) in [5, 5.41) is 10.1. The van der Waals surface area contributed by atoms with Crippen LogP contribution in [0.25, 0.3) is 0 Å². The lowest BCUT2D eigenvalue weighted by Crippen LogP contribution is -2.38. The first-order valence-corrected chi connectivity index (χ1v) is 5.70. The molecule has 1 heterocycles. The van der Waals surface area contributed by atoms with Gasteiger partial charge in [0.2, 0.25) is 0 Å². The number of rotatable bonds is 2. The maximum Gasteiger partial charge on any atom is 0.119 e. The zero-order valence-corrected chi connectivity index (χ0v) is 10.1. The number of fused-ring (bicyclic) bond motifs is 1. The quantitative estimate of drug-likeness (QED) is 0.828. The Labute approximate surface area is 96.6 Å². The second-order valence-electron chi connectivity index (χ2n) is 4.60. The van der Waals surface area contributed by atoms with Gasteiger partial charge in [0.25, 0.3) is 0 Å². The molecule has 0 radical (unpaired) electrons. The van der Waals surface area contributed by atoms with Gasteiger partial charge >= 0.3 is 0 Å². The minimum Gasteiger partial charge on any atom is -0.497 e. The summed E-state index contributed by atoms with van der Waals surface area (Å²) in [4.78, 5) is 2.28. The van der Waals surface area contributed by atoms with Gasteiger partial charge < -0.3 is 9.84 Å². The predicted molar refractivity (Wildman–Crippen MR) is 63.5 cm³/mol. The summed E-state index contributed by atoms with van der Waals surface area (Å²) in [5.74, 6) is 0.816. The molecule has 0 spiro atoms. The van der Waals surface area contributed by atoms with Gasteiger partial charge in [0.15, 0.2) is 0 Å². The molecule has 2 rings (SSSR count). The summed E-state index contributed by atoms with van der Waals surface area (Å²) in [5.41, 5.74) is 2.21. The van der Waals surface area contributed by atoms with E-state index in [0.717, 1.165) is 17.9 Å². The highest BCUT2D eigenvalue weighted by atomic mass is 16.5. The molecule has 0 bridgehead atoms. The van der Waals surface area contributed by atoms with Crippen molar-refractivity contribution < 1.29 is 9.84 Å². The van der Waals surface area contributed by atoms with Crippen LogP contribution in [0.3, 0.4) is 0 Å². The van der Waals surface area contributed by atoms with Crippen LogP contribution in [0.2, 0.25) is 0 Å². The fourth-order valence-electron chi connectivity index (χ4n) is 2.15. The molecular weight excluding hydrogens is 202 g/mol. The minimum absolute atomic E-state index is 0.402. The molecule has 1 aromatic rings. The molecule has 0 aromatic heterocycles. The minimum atomic E-state index is -0.402. The van der Waals surface area contributed by atoms with Crippen LogP contribution in [0.5, 0.6) is 5.75 Å². The average Bonchev–Trinajstić information content (AvgIpc) is 2.28. The number of methoxy groups -OCH3 is 1. The standard InChI is InChI=1S/C13H19NO2/c1-9(2)14-7-10-4-5-11(16-3)6-12(10)13(15)8-14/h4-6,9,13,15H,7-8H2,1-3H3. The summed E-state index contributed by atoms with van der Waals surface area (Å²) >= 11 is 0. The summed E-state index contributed by atoms with van der Waals surface area (Å²) in [6.07, 6.45) is -0.402. The lowest BCUT2D eigenvalue weighted by molar-refractivity contribution is 0.0742. The Morgan fingerprint density at radius 3 is 2.81 bits per heavy atom. The Kier molecular flexibility index (Phi) is 3.17. The van der Waals surface area contributed by atoms with Gasteiger partial charge in [-0.3, -0.25) is 4.90 Å². The van der Waals surface area contributed by atoms with Crippen molar-refractivity contribution in [2.24, 2.45) is 0 Å². The third-order valence-corrected chi connectivity index (χ3v) is 3.22. The third kappa shape index (κ3) is 2.06. The molecule has 3 heteroatoms. The Hall–Kier alpha value is -1.06. The molecule has 1 atom stereocenters. The number of nitrogens with zero attached hydrogens (tertiary/aromatic N) is 1. The molecule has 3 nitrogen and oxygen atoms in total. The van der Waals surface area contributed by atoms with Crippen molar-refractivity contribution >= 4 is 0 Å². The molecule has 1 unspecified atom stereocenters. The second-order valence-corrected chi connectivity index (χ2v) is 4.60. The van der Waals surface area contributed by atoms with Crippen LogP contribution < -0.4 is 4.74 Å². The van der Waals surface area contributed by atoms with Crippen LogP contribution in [-0.4, -0.2) is 29.7 Å². The fraction of sp³-hybridized carbons (Fsp3) is 0.538. The Balaban J connectivity index is 2.30. The molecule has 88 valence electrons. The number of aliphatic hydroxyl groups excluding tert-OH is 1. The predicted octanol–water partition coefficient (Wildman–Crippen LogP) is 1.95. The molecular formula is C13H19NO2. The monoisotopic (exact) mass is 221 g/mol. The first kappa shape index (κ1) is 11.4. The van der Waals surface area contributed by atoms with Gasteiger partial charge in [0, 0.05) is 19.1 Å². The van der Waals surface area contributed by atoms with Crippen LogP contribution in [0.15, 0.2) is 18.2 Å². The van der Waals surface area contributed by atoms with E-state index in [0.29, 0.717) is 12.6 Å². The fourth-order valence-corrected chi connectivity index (χ4v) is 2.15. The third-order valence-electron chi connectivity index (χ3n) is 3.22. The number of benzene rings is 1. The van der Waals surface area contributed by atoms with Crippen LogP contribution in [-0.2, 0) is 6.54 Å². The zero-order valence-electron chi connectivity index (χ0n) is 10.1. The molecule has 1 N–H and O–H groups in total. The van der Waals surface area contributed by atoms with Crippen LogP contribution in [0.4, 0.5) is 0 Å². The van der Waals surface area contributed by atoms with E-state index in [-0.39, 0.29) is 0 Å². The smallest absolute Gasteiger partial charge is 0.119 e. The average molecular weight is 221 g/mol. The van der Waals surface area contributed by atoms with E-state index in [2.05, 4.69) is 18.7 Å². The summed E-state index contributed by atoms with van der Waals surface area (Å²) in [6, 6.07) is 6.41. The van der Waals surface area contributed by atoms with E-state index in [9.17, 15) is 5.11 Å². The topological polar surface area (TPSA) is 32.7 Å². The molecule has 0 saturated carbocycles. The van der Waals surface area contributed by atoms with E-state index in [4.69, 9.17) is 4.74 Å². The molecule has 1 aliphatic heterocycles. The number of aliphatic hydroxyl groups is 1. The largest absolute Gasteiger partial charge is 0.497 e. The number of hydrogen-bond donors (Lipinski definition) is 1. The van der Waals surface area contributed by atoms with Crippen LogP contribution in [0.1, 0.15) is 31.1 Å². The van der Waals surface area contributed by atoms with Crippen molar-refractivity contribution in [3.8, 4) is 5.75 Å². The summed E-state index contributed by atoms with van der Waals surface area (Å²) in [7, 11) is 1.65. The SMILES string of the molecule is COc1ccc2c(c1)C(O)CN(C(C)C)C2. The van der Waals surface area contributed by atoms with E-state index >= 15 is 0 Å². The van der Waals surface area contributed by atoms with Crippen molar-refractivity contribution in [1.29, 1.82) is 0 Å². The maximum absolute atomic E-state index is 10.1. The Morgan fingerprint density at radius 1 is 1.44 bits per heavy atom. The van der Waals surface area contributed by atoms with Gasteiger partial charge in [0.05, 0.1) is 13.2 Å². The second kappa shape index (κ2) is 4.44. The highest BCUT2D eigenvalue weighted by Crippen LogP contribution is 2.30. The normalized spacial score (nSPS) is 20.9. The molecule has 0 fully saturated rings. The van der Waals surface area contributed by atoms with E-state index in [1.54, 1.807) is 7.11 Å². The number of ether oxygens (including phenoxy) is 1. The first-order chi connectivity index (χ1) is 7.61. The van der Waals surface area contributed by atoms with E-state index < -0.39 is 6.10 Å². The van der Waals surface area contributed by atoms with Crippen molar-refractivity contribution in [2.45, 2.75) is 32.5 Å². The summed E-state index contributed by atoms with van der Waals surface area (Å²) in [6.45, 7) is 5.92. The molecule has 16 heavy (non-hydrogen) atoms. The number of β-amino-alcohol motifs (C(OH)–C–C–N with tert-alkyl or cyclic N) is 1. The highest BCUT2D eigenvalue weighted by Gasteiger charge is 2.25. The molecule has 0 amide bonds. The lowest BCUT2D eigenvalue weighted by atomic mass is 9.96. The van der Waals surface area contributed by atoms with Gasteiger partial charge in [-0.25, -0.2) is 0 Å². The highest BCUT2D eigenvalue weighted by molar-refractivity contribution is 5.38. The van der Waals surface area contributed by atoms with Gasteiger partial charge in [0.1, 0.15) is 5.75 Å². The Morgan fingerprint density at radius 2 is 2.19 bits per heavy atom. The summed E-state index contributed by atoms with van der Waals surface area (Å²) < 4.78 is 5.18. The van der Waals surface area contributed by atoms with E-state index in [1.165, 1.54) is 5.56 Å². The first-order valence-electron chi connectivity index (χ1n) is 5.70. The molecule has 0 aliphatic carbocycles. The van der Waals surface area contributed by atoms with Crippen LogP contribution in [0, 0.1) is 0 Å². The van der Waals surface area contributed by atoms with Crippen LogP contribution >= 0.6 is 0 Å². The van der Waals surface area contributed by atoms with Crippen molar-refractivity contribution in [3.05, 3.63) is 29.3 Å². The molecule has 1 aromatic carbocycles. The van der Waals surface area contributed by atoms with Gasteiger partial charge in [-0.2, -0.15) is 0 Å². The molecule has 0 saturated heterocycles. The van der Waals surface area contributed by atoms with Gasteiger partial charge in [-0.05, 0) is 37.1 Å². The number of hydrogen-bond acceptors (Lipinski definition) is 3. The van der Waals surface area contributed by atoms with Crippen molar-refractivity contribution in [3.63, 3.8) is 0 Å². The Bertz CT molecular complexity index is 376. The maximum atomic E-state index is 10.1. The van der Waals surface area contributed by atoms with Crippen molar-refractivity contribution in [2.75, 3.05) is 13.7 Å².